The molecule has 150 valence electrons. The fraction of sp³-hybridized carbons (Fsp3) is 0. The summed E-state index contributed by atoms with van der Waals surface area (Å²) in [5.74, 6) is -0.958. The lowest BCUT2D eigenvalue weighted by Crippen LogP contribution is -2.29. The van der Waals surface area contributed by atoms with Crippen LogP contribution in [0.3, 0.4) is 0 Å². The number of hydrogen-bond donors (Lipinski definition) is 1. The summed E-state index contributed by atoms with van der Waals surface area (Å²) >= 11 is 0. The van der Waals surface area contributed by atoms with E-state index in [2.05, 4.69) is 0 Å². The molecule has 1 aliphatic heterocycles. The van der Waals surface area contributed by atoms with Gasteiger partial charge in [-0.2, -0.15) is 0 Å². The van der Waals surface area contributed by atoms with Gasteiger partial charge in [-0.1, -0.05) is 30.3 Å². The first kappa shape index (κ1) is 18.6. The quantitative estimate of drug-likeness (QED) is 0.472. The van der Waals surface area contributed by atoms with Crippen molar-refractivity contribution in [1.29, 1.82) is 0 Å². The SMILES string of the molecule is O=C(O)c1ccc2c(c1)C(=O)N(c1ccc(Oc3ccc4ccccc4c3)cc1)C2=O. The maximum absolute atomic E-state index is 12.8. The smallest absolute Gasteiger partial charge is 0.335 e. The first-order valence-electron chi connectivity index (χ1n) is 9.54. The number of benzene rings is 4. The van der Waals surface area contributed by atoms with E-state index in [4.69, 9.17) is 9.84 Å². The second-order valence-corrected chi connectivity index (χ2v) is 7.12. The Morgan fingerprint density at radius 1 is 0.710 bits per heavy atom. The average molecular weight is 409 g/mol. The molecule has 0 radical (unpaired) electrons. The first-order chi connectivity index (χ1) is 15.0. The number of fused-ring (bicyclic) bond motifs is 2. The van der Waals surface area contributed by atoms with Crippen LogP contribution in [-0.4, -0.2) is 22.9 Å². The molecule has 0 aliphatic carbocycles. The predicted octanol–water partition coefficient (Wildman–Crippen LogP) is 5.13. The summed E-state index contributed by atoms with van der Waals surface area (Å²) in [5, 5.41) is 11.3. The van der Waals surface area contributed by atoms with Crippen LogP contribution in [0.2, 0.25) is 0 Å². The molecule has 4 aromatic rings. The molecule has 1 N–H and O–H groups in total. The summed E-state index contributed by atoms with van der Waals surface area (Å²) in [6.07, 6.45) is 0. The Kier molecular flexibility index (Phi) is 4.26. The second-order valence-electron chi connectivity index (χ2n) is 7.12. The summed E-state index contributed by atoms with van der Waals surface area (Å²) in [6, 6.07) is 24.3. The van der Waals surface area contributed by atoms with E-state index in [1.165, 1.54) is 18.2 Å². The minimum absolute atomic E-state index is 0.0408. The summed E-state index contributed by atoms with van der Waals surface area (Å²) in [4.78, 5) is 37.7. The van der Waals surface area contributed by atoms with Gasteiger partial charge in [0.25, 0.3) is 11.8 Å². The molecular weight excluding hydrogens is 394 g/mol. The van der Waals surface area contributed by atoms with Crippen LogP contribution in [0.15, 0.2) is 84.9 Å². The third kappa shape index (κ3) is 3.20. The zero-order chi connectivity index (χ0) is 21.5. The number of imide groups is 1. The molecule has 0 spiro atoms. The van der Waals surface area contributed by atoms with Gasteiger partial charge in [0.1, 0.15) is 11.5 Å². The summed E-state index contributed by atoms with van der Waals surface area (Å²) in [5.41, 5.74) is 0.614. The van der Waals surface area contributed by atoms with Gasteiger partial charge in [0, 0.05) is 0 Å². The van der Waals surface area contributed by atoms with Gasteiger partial charge >= 0.3 is 5.97 Å². The number of rotatable bonds is 4. The third-order valence-corrected chi connectivity index (χ3v) is 5.19. The highest BCUT2D eigenvalue weighted by molar-refractivity contribution is 6.34. The molecule has 1 aliphatic rings. The van der Waals surface area contributed by atoms with Crippen molar-refractivity contribution in [2.24, 2.45) is 0 Å². The molecule has 0 saturated carbocycles. The number of nitrogens with zero attached hydrogens (tertiary/aromatic N) is 1. The van der Waals surface area contributed by atoms with Crippen LogP contribution in [0, 0.1) is 0 Å². The largest absolute Gasteiger partial charge is 0.478 e. The van der Waals surface area contributed by atoms with Crippen molar-refractivity contribution in [3.8, 4) is 11.5 Å². The van der Waals surface area contributed by atoms with Gasteiger partial charge < -0.3 is 9.84 Å². The van der Waals surface area contributed by atoms with Gasteiger partial charge in [0.05, 0.1) is 22.4 Å². The number of carbonyl (C=O) groups is 3. The number of amides is 2. The minimum atomic E-state index is -1.16. The lowest BCUT2D eigenvalue weighted by atomic mass is 10.1. The lowest BCUT2D eigenvalue weighted by molar-refractivity contribution is 0.0696. The Morgan fingerprint density at radius 2 is 1.39 bits per heavy atom. The van der Waals surface area contributed by atoms with Crippen molar-refractivity contribution < 1.29 is 24.2 Å². The molecule has 1 heterocycles. The molecule has 5 rings (SSSR count). The number of hydrogen-bond acceptors (Lipinski definition) is 4. The van der Waals surface area contributed by atoms with E-state index >= 15 is 0 Å². The number of carboxylic acids is 1. The van der Waals surface area contributed by atoms with Gasteiger partial charge in [0.2, 0.25) is 0 Å². The maximum Gasteiger partial charge on any atom is 0.335 e. The van der Waals surface area contributed by atoms with Crippen molar-refractivity contribution in [3.63, 3.8) is 0 Å². The van der Waals surface area contributed by atoms with E-state index in [1.54, 1.807) is 24.3 Å². The van der Waals surface area contributed by atoms with E-state index in [1.807, 2.05) is 42.5 Å². The molecule has 2 amide bonds. The summed E-state index contributed by atoms with van der Waals surface area (Å²) in [6.45, 7) is 0. The fourth-order valence-corrected chi connectivity index (χ4v) is 3.64. The number of anilines is 1. The normalized spacial score (nSPS) is 12.8. The summed E-state index contributed by atoms with van der Waals surface area (Å²) < 4.78 is 5.91. The third-order valence-electron chi connectivity index (χ3n) is 5.19. The fourth-order valence-electron chi connectivity index (χ4n) is 3.64. The molecule has 0 bridgehead atoms. The number of ether oxygens (including phenoxy) is 1. The highest BCUT2D eigenvalue weighted by atomic mass is 16.5. The molecule has 0 atom stereocenters. The Balaban J connectivity index is 1.40. The second kappa shape index (κ2) is 7.11. The Bertz CT molecular complexity index is 1370. The van der Waals surface area contributed by atoms with Gasteiger partial charge in [-0.15, -0.1) is 0 Å². The van der Waals surface area contributed by atoms with E-state index < -0.39 is 17.8 Å². The van der Waals surface area contributed by atoms with Crippen LogP contribution < -0.4 is 9.64 Å². The molecule has 0 aromatic heterocycles. The Morgan fingerprint density at radius 3 is 2.13 bits per heavy atom. The van der Waals surface area contributed by atoms with Crippen molar-refractivity contribution >= 4 is 34.2 Å². The van der Waals surface area contributed by atoms with Crippen molar-refractivity contribution in [2.45, 2.75) is 0 Å². The molecule has 31 heavy (non-hydrogen) atoms. The van der Waals surface area contributed by atoms with Gasteiger partial charge in [0.15, 0.2) is 0 Å². The standard InChI is InChI=1S/C25H15NO5/c27-23-21-12-6-17(25(29)30)14-22(21)24(28)26(23)18-7-10-19(11-8-18)31-20-9-5-15-3-1-2-4-16(15)13-20/h1-14H,(H,29,30). The topological polar surface area (TPSA) is 83.9 Å². The molecular formula is C25H15NO5. The lowest BCUT2D eigenvalue weighted by Gasteiger charge is -2.14. The van der Waals surface area contributed by atoms with Gasteiger partial charge in [-0.25, -0.2) is 9.69 Å². The zero-order valence-corrected chi connectivity index (χ0v) is 16.1. The van der Waals surface area contributed by atoms with Crippen molar-refractivity contribution in [1.82, 2.24) is 0 Å². The monoisotopic (exact) mass is 409 g/mol. The molecule has 4 aromatic carbocycles. The van der Waals surface area contributed by atoms with Crippen molar-refractivity contribution in [2.75, 3.05) is 4.90 Å². The van der Waals surface area contributed by atoms with Crippen LogP contribution in [0.5, 0.6) is 11.5 Å². The van der Waals surface area contributed by atoms with Crippen LogP contribution >= 0.6 is 0 Å². The van der Waals surface area contributed by atoms with E-state index in [0.717, 1.165) is 15.7 Å². The number of aromatic carboxylic acids is 1. The molecule has 0 fully saturated rings. The van der Waals surface area contributed by atoms with Gasteiger partial charge in [-0.05, 0) is 65.4 Å². The molecule has 6 nitrogen and oxygen atoms in total. The number of carbonyl (C=O) groups excluding carboxylic acids is 2. The summed E-state index contributed by atoms with van der Waals surface area (Å²) in [7, 11) is 0. The van der Waals surface area contributed by atoms with Crippen LogP contribution in [0.4, 0.5) is 5.69 Å². The maximum atomic E-state index is 12.8. The van der Waals surface area contributed by atoms with Gasteiger partial charge in [-0.3, -0.25) is 9.59 Å². The highest BCUT2D eigenvalue weighted by Gasteiger charge is 2.37. The minimum Gasteiger partial charge on any atom is -0.478 e. The van der Waals surface area contributed by atoms with E-state index in [0.29, 0.717) is 17.2 Å². The van der Waals surface area contributed by atoms with Crippen LogP contribution in [0.25, 0.3) is 10.8 Å². The zero-order valence-electron chi connectivity index (χ0n) is 16.1. The molecule has 0 saturated heterocycles. The van der Waals surface area contributed by atoms with Crippen molar-refractivity contribution in [3.05, 3.63) is 102 Å². The predicted molar refractivity (Wildman–Crippen MR) is 115 cm³/mol. The average Bonchev–Trinajstić information content (AvgIpc) is 3.04. The van der Waals surface area contributed by atoms with Crippen LogP contribution in [0.1, 0.15) is 31.1 Å². The van der Waals surface area contributed by atoms with Crippen LogP contribution in [-0.2, 0) is 0 Å². The molecule has 0 unspecified atom stereocenters. The van der Waals surface area contributed by atoms with E-state index in [-0.39, 0.29) is 16.7 Å². The Labute approximate surface area is 176 Å². The first-order valence-corrected chi connectivity index (χ1v) is 9.54. The Hall–Kier alpha value is -4.45. The van der Waals surface area contributed by atoms with E-state index in [9.17, 15) is 14.4 Å². The number of carboxylic acid groups (broad SMARTS) is 1. The molecule has 6 heteroatoms. The highest BCUT2D eigenvalue weighted by Crippen LogP contribution is 2.32.